The molecule has 2 aromatic rings. The maximum Gasteiger partial charge on any atom is 0.280 e. The second kappa shape index (κ2) is 17.3. The minimum absolute atomic E-state index is 0.0565. The van der Waals surface area contributed by atoms with Crippen LogP contribution in [0.4, 0.5) is 5.13 Å². The number of hydrogen-bond donors (Lipinski definition) is 1. The Morgan fingerprint density at radius 1 is 1.00 bits per heavy atom. The topological polar surface area (TPSA) is 102 Å². The summed E-state index contributed by atoms with van der Waals surface area (Å²) in [6.45, 7) is 24.3. The van der Waals surface area contributed by atoms with E-state index in [2.05, 4.69) is 59.4 Å². The van der Waals surface area contributed by atoms with Crippen molar-refractivity contribution in [2.45, 2.75) is 133 Å². The third-order valence-corrected chi connectivity index (χ3v) is 10.0. The summed E-state index contributed by atoms with van der Waals surface area (Å²) in [4.78, 5) is 36.1. The van der Waals surface area contributed by atoms with Crippen molar-refractivity contribution in [1.82, 2.24) is 9.66 Å². The van der Waals surface area contributed by atoms with Crippen molar-refractivity contribution in [3.63, 3.8) is 0 Å². The third-order valence-electron chi connectivity index (χ3n) is 8.98. The number of unbranched alkanes of at least 4 members (excludes halogenated alkanes) is 2. The minimum Gasteiger partial charge on any atom is -0.492 e. The number of rotatable bonds is 15. The molecular formula is C38H61N5O3S. The molecule has 2 atom stereocenters. The highest BCUT2D eigenvalue weighted by Crippen LogP contribution is 2.36. The Morgan fingerprint density at radius 3 is 1.94 bits per heavy atom. The Bertz CT molecular complexity index is 1550. The van der Waals surface area contributed by atoms with Gasteiger partial charge < -0.3 is 10.0 Å². The van der Waals surface area contributed by atoms with Crippen molar-refractivity contribution in [3.05, 3.63) is 36.9 Å². The Morgan fingerprint density at radius 2 is 1.53 bits per heavy atom. The van der Waals surface area contributed by atoms with Gasteiger partial charge in [0, 0.05) is 36.2 Å². The molecule has 0 aliphatic rings. The van der Waals surface area contributed by atoms with Gasteiger partial charge in [0.25, 0.3) is 5.56 Å². The average Bonchev–Trinajstić information content (AvgIpc) is 3.45. The summed E-state index contributed by atoms with van der Waals surface area (Å²) >= 11 is 1.58. The van der Waals surface area contributed by atoms with Crippen LogP contribution in [0.3, 0.4) is 0 Å². The predicted octanol–water partition coefficient (Wildman–Crippen LogP) is 7.19. The van der Waals surface area contributed by atoms with Gasteiger partial charge in [-0.3, -0.25) is 9.59 Å². The number of thiazole rings is 1. The molecule has 262 valence electrons. The van der Waals surface area contributed by atoms with Crippen LogP contribution in [0, 0.1) is 28.6 Å². The first-order valence-corrected chi connectivity index (χ1v) is 18.4. The van der Waals surface area contributed by atoms with Gasteiger partial charge >= 0.3 is 0 Å². The number of nitrogens with zero attached hydrogens (tertiary/aromatic N) is 5. The number of amides is 1. The van der Waals surface area contributed by atoms with E-state index in [0.717, 1.165) is 51.3 Å². The van der Waals surface area contributed by atoms with Crippen LogP contribution < -0.4 is 25.9 Å². The molecule has 2 aromatic heterocycles. The van der Waals surface area contributed by atoms with Gasteiger partial charge in [0.1, 0.15) is 11.6 Å². The van der Waals surface area contributed by atoms with Crippen LogP contribution in [0.1, 0.15) is 144 Å². The van der Waals surface area contributed by atoms with E-state index in [0.29, 0.717) is 17.1 Å². The third kappa shape index (κ3) is 9.95. The number of aromatic nitrogens is 2. The number of hydrogen-bond acceptors (Lipinski definition) is 7. The summed E-state index contributed by atoms with van der Waals surface area (Å²) in [7, 11) is 1.45. The van der Waals surface area contributed by atoms with Gasteiger partial charge in [0.2, 0.25) is 11.8 Å². The number of anilines is 1. The van der Waals surface area contributed by atoms with Crippen LogP contribution in [-0.4, -0.2) is 40.8 Å². The summed E-state index contributed by atoms with van der Waals surface area (Å²) in [6, 6.07) is 2.08. The molecule has 2 heterocycles. The molecule has 0 saturated heterocycles. The molecular weight excluding hydrogens is 607 g/mol. The summed E-state index contributed by atoms with van der Waals surface area (Å²) in [6.07, 6.45) is 12.9. The largest absolute Gasteiger partial charge is 0.492 e. The zero-order chi connectivity index (χ0) is 35.7. The van der Waals surface area contributed by atoms with Gasteiger partial charge in [0.15, 0.2) is 5.13 Å². The quantitative estimate of drug-likeness (QED) is 0.216. The van der Waals surface area contributed by atoms with E-state index in [-0.39, 0.29) is 22.1 Å². The number of carbonyl (C=O) groups excluding carboxylic acids is 1. The Kier molecular flexibility index (Phi) is 14.8. The van der Waals surface area contributed by atoms with Crippen LogP contribution in [0.25, 0.3) is 12.2 Å². The molecule has 0 spiro atoms. The lowest BCUT2D eigenvalue weighted by Crippen LogP contribution is -2.55. The van der Waals surface area contributed by atoms with Crippen molar-refractivity contribution in [3.8, 4) is 11.9 Å². The van der Waals surface area contributed by atoms with Crippen molar-refractivity contribution in [2.75, 3.05) is 30.0 Å². The first-order chi connectivity index (χ1) is 22.0. The van der Waals surface area contributed by atoms with Crippen LogP contribution in [0.2, 0.25) is 0 Å². The second-order valence-electron chi connectivity index (χ2n) is 15.0. The van der Waals surface area contributed by atoms with Crippen LogP contribution >= 0.6 is 11.3 Å². The lowest BCUT2D eigenvalue weighted by atomic mass is 9.91. The molecule has 0 aromatic carbocycles. The van der Waals surface area contributed by atoms with E-state index >= 15 is 0 Å². The van der Waals surface area contributed by atoms with Gasteiger partial charge in [-0.2, -0.15) is 9.94 Å². The van der Waals surface area contributed by atoms with Gasteiger partial charge in [-0.15, -0.1) is 0 Å². The van der Waals surface area contributed by atoms with Gasteiger partial charge in [-0.05, 0) is 37.7 Å². The summed E-state index contributed by atoms with van der Waals surface area (Å²) in [5.41, 5.74) is -0.891. The van der Waals surface area contributed by atoms with E-state index in [4.69, 9.17) is 4.98 Å². The number of nitriles is 1. The lowest BCUT2D eigenvalue weighted by molar-refractivity contribution is -0.127. The Hall–Kier alpha value is -3.12. The average molecular weight is 668 g/mol. The van der Waals surface area contributed by atoms with Crippen LogP contribution in [-0.2, 0) is 10.2 Å². The second-order valence-corrected chi connectivity index (χ2v) is 16.0. The van der Waals surface area contributed by atoms with Gasteiger partial charge in [-0.1, -0.05) is 125 Å². The fraction of sp³-hybridized carbons (Fsp3) is 0.684. The van der Waals surface area contributed by atoms with E-state index in [1.807, 2.05) is 6.08 Å². The normalized spacial score (nSPS) is 14.3. The van der Waals surface area contributed by atoms with Crippen molar-refractivity contribution >= 4 is 34.5 Å². The minimum atomic E-state index is -0.816. The van der Waals surface area contributed by atoms with Crippen molar-refractivity contribution in [1.29, 1.82) is 5.26 Å². The molecule has 9 heteroatoms. The fourth-order valence-electron chi connectivity index (χ4n) is 6.00. The van der Waals surface area contributed by atoms with E-state index in [1.165, 1.54) is 45.6 Å². The van der Waals surface area contributed by atoms with E-state index < -0.39 is 16.9 Å². The summed E-state index contributed by atoms with van der Waals surface area (Å²) < 4.78 is 0.926. The molecule has 1 amide bonds. The first-order valence-electron chi connectivity index (χ1n) is 17.6. The maximum atomic E-state index is 14.2. The molecule has 8 nitrogen and oxygen atoms in total. The molecule has 1 N–H and O–H groups in total. The standard InChI is InChI=1S/C38H61N5O3S/c1-13-18-20-26(15-3)24-42(25-27(16-4)21-19-14-2)36-40-32(37(6,7)8)31(47-36)22-29-28(17-5)30(23-39)34(45)43(33(29)44)41(12)35(46)38(9,10)11/h17,22,26-27,45H,13-16,18-21,24-25H2,1-12H3/b28-17-,29-22-. The first kappa shape index (κ1) is 40.1. The van der Waals surface area contributed by atoms with Crippen molar-refractivity contribution < 1.29 is 9.90 Å². The Labute approximate surface area is 287 Å². The van der Waals surface area contributed by atoms with Gasteiger partial charge in [0.05, 0.1) is 15.8 Å². The predicted molar refractivity (Wildman–Crippen MR) is 198 cm³/mol. The molecule has 2 unspecified atom stereocenters. The number of pyridine rings is 1. The Balaban J connectivity index is 2.95. The molecule has 0 aliphatic carbocycles. The molecule has 0 radical (unpaired) electrons. The molecule has 0 fully saturated rings. The highest BCUT2D eigenvalue weighted by Gasteiger charge is 2.30. The number of aromatic hydroxyl groups is 1. The monoisotopic (exact) mass is 667 g/mol. The molecule has 0 bridgehead atoms. The van der Waals surface area contributed by atoms with Crippen LogP contribution in [0.15, 0.2) is 4.79 Å². The zero-order valence-corrected chi connectivity index (χ0v) is 32.1. The highest BCUT2D eigenvalue weighted by atomic mass is 32.1. The summed E-state index contributed by atoms with van der Waals surface area (Å²) in [5.74, 6) is 0.206. The van der Waals surface area contributed by atoms with Crippen LogP contribution in [0.5, 0.6) is 5.88 Å². The maximum absolute atomic E-state index is 14.2. The number of carbonyl (C=O) groups is 1. The van der Waals surface area contributed by atoms with Gasteiger partial charge in [-0.25, -0.2) is 9.99 Å². The van der Waals surface area contributed by atoms with Crippen molar-refractivity contribution in [2.24, 2.45) is 17.3 Å². The molecule has 47 heavy (non-hydrogen) atoms. The SMILES string of the molecule is C/C=c1\c(C#N)c(O)n(N(C)C(=O)C(C)(C)C)c(=O)\c1=C/c1sc(N(CC(CC)CCCC)CC(CC)CCCC)nc1C(C)(C)C. The molecule has 0 saturated carbocycles. The zero-order valence-electron chi connectivity index (χ0n) is 31.3. The summed E-state index contributed by atoms with van der Waals surface area (Å²) in [5, 5.41) is 23.9. The fourth-order valence-corrected chi connectivity index (χ4v) is 7.24. The smallest absolute Gasteiger partial charge is 0.280 e. The molecule has 2 rings (SSSR count). The molecule has 0 aliphatic heterocycles. The van der Waals surface area contributed by atoms with E-state index in [1.54, 1.807) is 45.1 Å². The highest BCUT2D eigenvalue weighted by molar-refractivity contribution is 7.16. The lowest BCUT2D eigenvalue weighted by Gasteiger charge is -2.30. The van der Waals surface area contributed by atoms with E-state index in [9.17, 15) is 20.0 Å².